The van der Waals surface area contributed by atoms with Crippen molar-refractivity contribution in [3.05, 3.63) is 47.8 Å². The number of benzene rings is 1. The van der Waals surface area contributed by atoms with E-state index >= 15 is 0 Å². The van der Waals surface area contributed by atoms with Crippen molar-refractivity contribution in [3.8, 4) is 0 Å². The van der Waals surface area contributed by atoms with E-state index < -0.39 is 0 Å². The molecular formula is C19H25N5. The summed E-state index contributed by atoms with van der Waals surface area (Å²) in [5, 5.41) is 6.64. The van der Waals surface area contributed by atoms with E-state index in [1.165, 1.54) is 25.7 Å². The van der Waals surface area contributed by atoms with Crippen LogP contribution in [-0.4, -0.2) is 16.5 Å². The fraction of sp³-hybridized carbons (Fsp3) is 0.368. The van der Waals surface area contributed by atoms with E-state index in [0.717, 1.165) is 24.2 Å². The number of hydrogen-bond donors (Lipinski definition) is 3. The first-order chi connectivity index (χ1) is 11.7. The molecule has 5 heteroatoms. The number of nitrogens with zero attached hydrogens (tertiary/aromatic N) is 2. The summed E-state index contributed by atoms with van der Waals surface area (Å²) < 4.78 is 0. The summed E-state index contributed by atoms with van der Waals surface area (Å²) in [5.74, 6) is 1.33. The highest BCUT2D eigenvalue weighted by molar-refractivity contribution is 5.78. The number of aromatic nitrogens is 2. The lowest BCUT2D eigenvalue weighted by Crippen LogP contribution is -2.10. The predicted octanol–water partition coefficient (Wildman–Crippen LogP) is 4.41. The maximum atomic E-state index is 6.24. The lowest BCUT2D eigenvalue weighted by atomic mass is 9.97. The molecule has 126 valence electrons. The van der Waals surface area contributed by atoms with Gasteiger partial charge in [-0.05, 0) is 50.7 Å². The van der Waals surface area contributed by atoms with Gasteiger partial charge in [-0.2, -0.15) is 0 Å². The maximum Gasteiger partial charge on any atom is 0.159 e. The van der Waals surface area contributed by atoms with E-state index in [2.05, 4.69) is 39.7 Å². The van der Waals surface area contributed by atoms with E-state index in [4.69, 9.17) is 5.73 Å². The van der Waals surface area contributed by atoms with Crippen LogP contribution in [0.15, 0.2) is 42.2 Å². The first kappa shape index (κ1) is 16.3. The van der Waals surface area contributed by atoms with Crippen LogP contribution in [0.4, 0.5) is 23.0 Å². The maximum absolute atomic E-state index is 6.24. The summed E-state index contributed by atoms with van der Waals surface area (Å²) in [6.45, 7) is 2.90. The second kappa shape index (κ2) is 7.81. The van der Waals surface area contributed by atoms with Crippen LogP contribution >= 0.6 is 0 Å². The molecule has 4 N–H and O–H groups in total. The van der Waals surface area contributed by atoms with Crippen molar-refractivity contribution in [2.75, 3.05) is 22.9 Å². The molecule has 1 aromatic carbocycles. The van der Waals surface area contributed by atoms with Crippen molar-refractivity contribution >= 4 is 23.0 Å². The number of nitrogens with two attached hydrogens (primary N) is 1. The van der Waals surface area contributed by atoms with Gasteiger partial charge < -0.3 is 16.4 Å². The number of allylic oxidation sites excluding steroid dienone is 1. The van der Waals surface area contributed by atoms with Gasteiger partial charge in [0.2, 0.25) is 0 Å². The fourth-order valence-electron chi connectivity index (χ4n) is 2.95. The number of aryl methyl sites for hydroxylation is 1. The third-order valence-corrected chi connectivity index (χ3v) is 4.41. The van der Waals surface area contributed by atoms with Crippen LogP contribution < -0.4 is 16.4 Å². The number of nitrogens with one attached hydrogen (secondary N) is 2. The van der Waals surface area contributed by atoms with E-state index in [0.29, 0.717) is 17.3 Å². The zero-order valence-electron chi connectivity index (χ0n) is 14.2. The predicted molar refractivity (Wildman–Crippen MR) is 101 cm³/mol. The Morgan fingerprint density at radius 3 is 2.75 bits per heavy atom. The number of rotatable bonds is 6. The van der Waals surface area contributed by atoms with E-state index in [1.807, 2.05) is 18.2 Å². The Labute approximate surface area is 143 Å². The molecule has 0 unspecified atom stereocenters. The van der Waals surface area contributed by atoms with Crippen molar-refractivity contribution in [3.63, 3.8) is 0 Å². The van der Waals surface area contributed by atoms with Gasteiger partial charge in [0, 0.05) is 12.2 Å². The molecular weight excluding hydrogens is 298 g/mol. The van der Waals surface area contributed by atoms with Crippen molar-refractivity contribution in [2.45, 2.75) is 39.0 Å². The van der Waals surface area contributed by atoms with Gasteiger partial charge in [-0.1, -0.05) is 29.8 Å². The number of hydrogen-bond acceptors (Lipinski definition) is 5. The zero-order chi connectivity index (χ0) is 16.8. The fourth-order valence-corrected chi connectivity index (χ4v) is 2.95. The molecule has 0 spiro atoms. The normalized spacial score (nSPS) is 14.1. The van der Waals surface area contributed by atoms with Gasteiger partial charge in [0.05, 0.1) is 0 Å². The third-order valence-electron chi connectivity index (χ3n) is 4.41. The first-order valence-electron chi connectivity index (χ1n) is 8.59. The summed E-state index contributed by atoms with van der Waals surface area (Å²) in [6.07, 6.45) is 10.0. The Bertz CT molecular complexity index is 723. The lowest BCUT2D eigenvalue weighted by molar-refractivity contribution is 0.679. The minimum absolute atomic E-state index is 0.554. The molecule has 0 atom stereocenters. The van der Waals surface area contributed by atoms with E-state index in [9.17, 15) is 0 Å². The van der Waals surface area contributed by atoms with Crippen LogP contribution in [0.3, 0.4) is 0 Å². The average Bonchev–Trinajstić information content (AvgIpc) is 2.61. The van der Waals surface area contributed by atoms with Crippen molar-refractivity contribution in [1.82, 2.24) is 9.97 Å². The molecule has 1 aliphatic carbocycles. The second-order valence-electron chi connectivity index (χ2n) is 6.21. The van der Waals surface area contributed by atoms with Gasteiger partial charge >= 0.3 is 0 Å². The Balaban J connectivity index is 1.64. The van der Waals surface area contributed by atoms with Crippen molar-refractivity contribution in [1.29, 1.82) is 0 Å². The topological polar surface area (TPSA) is 75.9 Å². The number of para-hydroxylation sites is 1. The molecule has 1 aromatic heterocycles. The zero-order valence-corrected chi connectivity index (χ0v) is 14.2. The Morgan fingerprint density at radius 1 is 1.12 bits per heavy atom. The summed E-state index contributed by atoms with van der Waals surface area (Å²) in [4.78, 5) is 8.55. The molecule has 0 aliphatic heterocycles. The molecule has 0 saturated heterocycles. The second-order valence-corrected chi connectivity index (χ2v) is 6.21. The molecule has 5 nitrogen and oxygen atoms in total. The summed E-state index contributed by atoms with van der Waals surface area (Å²) in [7, 11) is 0. The Hall–Kier alpha value is -2.56. The first-order valence-corrected chi connectivity index (χ1v) is 8.59. The van der Waals surface area contributed by atoms with Crippen LogP contribution in [0.1, 0.15) is 37.7 Å². The van der Waals surface area contributed by atoms with Crippen LogP contribution in [-0.2, 0) is 0 Å². The molecule has 0 radical (unpaired) electrons. The van der Waals surface area contributed by atoms with Crippen LogP contribution in [0.2, 0.25) is 0 Å². The van der Waals surface area contributed by atoms with Gasteiger partial charge in [0.15, 0.2) is 11.6 Å². The highest BCUT2D eigenvalue weighted by Crippen LogP contribution is 2.27. The SMILES string of the molecule is Cc1ccccc1Nc1ncnc(NCCC2=CCCCC2)c1N. The van der Waals surface area contributed by atoms with E-state index in [-0.39, 0.29) is 0 Å². The molecule has 3 rings (SSSR count). The van der Waals surface area contributed by atoms with Crippen LogP contribution in [0.5, 0.6) is 0 Å². The molecule has 0 saturated carbocycles. The molecule has 0 amide bonds. The molecule has 0 fully saturated rings. The van der Waals surface area contributed by atoms with Gasteiger partial charge in [0.1, 0.15) is 12.0 Å². The quantitative estimate of drug-likeness (QED) is 0.686. The molecule has 1 aliphatic rings. The average molecular weight is 323 g/mol. The highest BCUT2D eigenvalue weighted by atomic mass is 15.1. The standard InChI is InChI=1S/C19H25N5/c1-14-7-5-6-10-16(14)24-19-17(20)18(22-13-23-19)21-12-11-15-8-3-2-4-9-15/h5-8,10,13H,2-4,9,11-12,20H2,1H3,(H2,21,22,23,24). The van der Waals surface area contributed by atoms with Crippen LogP contribution in [0.25, 0.3) is 0 Å². The number of anilines is 4. The van der Waals surface area contributed by atoms with Gasteiger partial charge in [-0.25, -0.2) is 9.97 Å². The van der Waals surface area contributed by atoms with E-state index in [1.54, 1.807) is 11.9 Å². The molecule has 24 heavy (non-hydrogen) atoms. The van der Waals surface area contributed by atoms with Crippen LogP contribution in [0, 0.1) is 6.92 Å². The third kappa shape index (κ3) is 4.04. The lowest BCUT2D eigenvalue weighted by Gasteiger charge is -2.15. The van der Waals surface area contributed by atoms with Gasteiger partial charge in [0.25, 0.3) is 0 Å². The smallest absolute Gasteiger partial charge is 0.159 e. The van der Waals surface area contributed by atoms with Gasteiger partial charge in [-0.3, -0.25) is 0 Å². The monoisotopic (exact) mass is 323 g/mol. The Morgan fingerprint density at radius 2 is 1.96 bits per heavy atom. The summed E-state index contributed by atoms with van der Waals surface area (Å²) in [5.41, 5.74) is 10.5. The van der Waals surface area contributed by atoms with Crippen molar-refractivity contribution < 1.29 is 0 Å². The minimum Gasteiger partial charge on any atom is -0.393 e. The largest absolute Gasteiger partial charge is 0.393 e. The Kier molecular flexibility index (Phi) is 5.31. The highest BCUT2D eigenvalue weighted by Gasteiger charge is 2.10. The molecule has 0 bridgehead atoms. The summed E-state index contributed by atoms with van der Waals surface area (Å²) >= 11 is 0. The number of nitrogen functional groups attached to an aromatic ring is 1. The summed E-state index contributed by atoms with van der Waals surface area (Å²) in [6, 6.07) is 8.07. The minimum atomic E-state index is 0.554. The van der Waals surface area contributed by atoms with Gasteiger partial charge in [-0.15, -0.1) is 0 Å². The van der Waals surface area contributed by atoms with Crippen molar-refractivity contribution in [2.24, 2.45) is 0 Å². The molecule has 2 aromatic rings. The molecule has 1 heterocycles.